The molecule has 0 saturated heterocycles. The van der Waals surface area contributed by atoms with E-state index in [9.17, 15) is 0 Å². The van der Waals surface area contributed by atoms with Crippen LogP contribution in [0.25, 0.3) is 0 Å². The number of allylic oxidation sites excluding steroid dienone is 2. The van der Waals surface area contributed by atoms with Gasteiger partial charge in [0.25, 0.3) is 0 Å². The minimum Gasteiger partial charge on any atom is -0.393 e. The zero-order valence-corrected chi connectivity index (χ0v) is 10.4. The Labute approximate surface area is 93.3 Å². The summed E-state index contributed by atoms with van der Waals surface area (Å²) in [6.07, 6.45) is 3.94. The van der Waals surface area contributed by atoms with Crippen molar-refractivity contribution in [2.45, 2.75) is 46.6 Å². The second-order valence-electron chi connectivity index (χ2n) is 5.25. The van der Waals surface area contributed by atoms with Gasteiger partial charge < -0.3 is 9.84 Å². The first-order valence-electron chi connectivity index (χ1n) is 5.87. The maximum Gasteiger partial charge on any atom is 0.0534 e. The molecule has 15 heavy (non-hydrogen) atoms. The first kappa shape index (κ1) is 12.7. The summed E-state index contributed by atoms with van der Waals surface area (Å²) in [6.45, 7) is 10.1. The molecule has 2 atom stereocenters. The lowest BCUT2D eigenvalue weighted by Gasteiger charge is -2.29. The van der Waals surface area contributed by atoms with Crippen LogP contribution in [0, 0.1) is 11.3 Å². The number of ether oxygens (including phenoxy) is 1. The number of hydrogen-bond acceptors (Lipinski definition) is 2. The fourth-order valence-electron chi connectivity index (χ4n) is 1.95. The molecule has 2 unspecified atom stereocenters. The Morgan fingerprint density at radius 1 is 1.60 bits per heavy atom. The molecule has 0 aromatic carbocycles. The quantitative estimate of drug-likeness (QED) is 0.561. The third-order valence-corrected chi connectivity index (χ3v) is 3.74. The van der Waals surface area contributed by atoms with Gasteiger partial charge in [-0.3, -0.25) is 0 Å². The smallest absolute Gasteiger partial charge is 0.0534 e. The maximum absolute atomic E-state index is 9.10. The number of aliphatic hydroxyl groups excluding tert-OH is 1. The molecule has 2 heteroatoms. The highest BCUT2D eigenvalue weighted by Gasteiger charge is 2.34. The SMILES string of the molecule is CC1=CCC(COCCC(C)O)C1(C)C. The van der Waals surface area contributed by atoms with Gasteiger partial charge in [0.05, 0.1) is 12.7 Å². The van der Waals surface area contributed by atoms with Crippen molar-refractivity contribution in [3.8, 4) is 0 Å². The van der Waals surface area contributed by atoms with E-state index >= 15 is 0 Å². The van der Waals surface area contributed by atoms with Crippen LogP contribution in [0.1, 0.15) is 40.5 Å². The summed E-state index contributed by atoms with van der Waals surface area (Å²) in [5, 5.41) is 9.10. The van der Waals surface area contributed by atoms with Crippen LogP contribution < -0.4 is 0 Å². The Kier molecular flexibility index (Phi) is 4.35. The molecule has 1 rings (SSSR count). The number of aliphatic hydroxyl groups is 1. The molecule has 0 heterocycles. The highest BCUT2D eigenvalue weighted by molar-refractivity contribution is 5.18. The van der Waals surface area contributed by atoms with Crippen LogP contribution in [0.3, 0.4) is 0 Å². The van der Waals surface area contributed by atoms with Crippen molar-refractivity contribution < 1.29 is 9.84 Å². The van der Waals surface area contributed by atoms with Crippen molar-refractivity contribution in [2.75, 3.05) is 13.2 Å². The minimum atomic E-state index is -0.249. The van der Waals surface area contributed by atoms with Crippen LogP contribution in [0.15, 0.2) is 11.6 Å². The van der Waals surface area contributed by atoms with E-state index in [2.05, 4.69) is 26.8 Å². The van der Waals surface area contributed by atoms with Gasteiger partial charge in [0.2, 0.25) is 0 Å². The Hall–Kier alpha value is -0.340. The van der Waals surface area contributed by atoms with Crippen molar-refractivity contribution in [1.29, 1.82) is 0 Å². The Balaban J connectivity index is 2.24. The van der Waals surface area contributed by atoms with Gasteiger partial charge in [-0.25, -0.2) is 0 Å². The topological polar surface area (TPSA) is 29.5 Å². The fourth-order valence-corrected chi connectivity index (χ4v) is 1.95. The van der Waals surface area contributed by atoms with Crippen molar-refractivity contribution in [3.05, 3.63) is 11.6 Å². The van der Waals surface area contributed by atoms with Crippen LogP contribution in [0.4, 0.5) is 0 Å². The predicted molar refractivity (Wildman–Crippen MR) is 62.8 cm³/mol. The molecule has 0 spiro atoms. The molecule has 0 aromatic rings. The molecule has 2 nitrogen and oxygen atoms in total. The van der Waals surface area contributed by atoms with E-state index < -0.39 is 0 Å². The van der Waals surface area contributed by atoms with Gasteiger partial charge in [-0.05, 0) is 38.0 Å². The second kappa shape index (κ2) is 5.13. The normalized spacial score (nSPS) is 26.5. The standard InChI is InChI=1S/C13H24O2/c1-10-5-6-12(13(10,3)4)9-15-8-7-11(2)14/h5,11-12,14H,6-9H2,1-4H3. The predicted octanol–water partition coefficient (Wildman–Crippen LogP) is 2.77. The monoisotopic (exact) mass is 212 g/mol. The molecule has 0 aromatic heterocycles. The first-order chi connectivity index (χ1) is 6.94. The van der Waals surface area contributed by atoms with Gasteiger partial charge >= 0.3 is 0 Å². The number of hydrogen-bond donors (Lipinski definition) is 1. The van der Waals surface area contributed by atoms with Crippen molar-refractivity contribution in [1.82, 2.24) is 0 Å². The molecular formula is C13H24O2. The van der Waals surface area contributed by atoms with Crippen LogP contribution in [0.5, 0.6) is 0 Å². The van der Waals surface area contributed by atoms with Crippen molar-refractivity contribution >= 4 is 0 Å². The molecule has 0 fully saturated rings. The molecule has 0 radical (unpaired) electrons. The molecule has 0 amide bonds. The molecule has 0 saturated carbocycles. The van der Waals surface area contributed by atoms with Crippen LogP contribution >= 0.6 is 0 Å². The molecule has 1 aliphatic carbocycles. The van der Waals surface area contributed by atoms with E-state index in [1.807, 2.05) is 0 Å². The number of rotatable bonds is 5. The lowest BCUT2D eigenvalue weighted by atomic mass is 9.78. The van der Waals surface area contributed by atoms with Gasteiger partial charge in [0.15, 0.2) is 0 Å². The third-order valence-electron chi connectivity index (χ3n) is 3.74. The van der Waals surface area contributed by atoms with E-state index in [-0.39, 0.29) is 11.5 Å². The fraction of sp³-hybridized carbons (Fsp3) is 0.846. The first-order valence-corrected chi connectivity index (χ1v) is 5.87. The lowest BCUT2D eigenvalue weighted by molar-refractivity contribution is 0.0476. The Bertz CT molecular complexity index is 229. The van der Waals surface area contributed by atoms with Gasteiger partial charge in [0, 0.05) is 6.61 Å². The Morgan fingerprint density at radius 3 is 2.73 bits per heavy atom. The van der Waals surface area contributed by atoms with E-state index in [0.29, 0.717) is 12.5 Å². The zero-order valence-electron chi connectivity index (χ0n) is 10.4. The van der Waals surface area contributed by atoms with Gasteiger partial charge in [0.1, 0.15) is 0 Å². The van der Waals surface area contributed by atoms with E-state index in [0.717, 1.165) is 19.4 Å². The van der Waals surface area contributed by atoms with E-state index in [1.54, 1.807) is 6.92 Å². The minimum absolute atomic E-state index is 0.249. The molecule has 0 bridgehead atoms. The average molecular weight is 212 g/mol. The molecule has 1 aliphatic rings. The maximum atomic E-state index is 9.10. The highest BCUT2D eigenvalue weighted by Crippen LogP contribution is 2.42. The summed E-state index contributed by atoms with van der Waals surface area (Å²) >= 11 is 0. The molecule has 1 N–H and O–H groups in total. The van der Waals surface area contributed by atoms with E-state index in [1.165, 1.54) is 5.57 Å². The average Bonchev–Trinajstić information content (AvgIpc) is 2.38. The summed E-state index contributed by atoms with van der Waals surface area (Å²) in [5.41, 5.74) is 1.76. The molecule has 88 valence electrons. The van der Waals surface area contributed by atoms with Gasteiger partial charge in [-0.2, -0.15) is 0 Å². The largest absolute Gasteiger partial charge is 0.393 e. The molecule has 0 aliphatic heterocycles. The Morgan fingerprint density at radius 2 is 2.27 bits per heavy atom. The van der Waals surface area contributed by atoms with Crippen LogP contribution in [0.2, 0.25) is 0 Å². The van der Waals surface area contributed by atoms with E-state index in [4.69, 9.17) is 9.84 Å². The summed E-state index contributed by atoms with van der Waals surface area (Å²) < 4.78 is 5.62. The zero-order chi connectivity index (χ0) is 11.5. The van der Waals surface area contributed by atoms with Crippen molar-refractivity contribution in [3.63, 3.8) is 0 Å². The summed E-state index contributed by atoms with van der Waals surface area (Å²) in [5.74, 6) is 0.603. The molecular weight excluding hydrogens is 188 g/mol. The van der Waals surface area contributed by atoms with Crippen LogP contribution in [-0.2, 0) is 4.74 Å². The van der Waals surface area contributed by atoms with Crippen LogP contribution in [-0.4, -0.2) is 24.4 Å². The third kappa shape index (κ3) is 3.32. The highest BCUT2D eigenvalue weighted by atomic mass is 16.5. The second-order valence-corrected chi connectivity index (χ2v) is 5.25. The lowest BCUT2D eigenvalue weighted by Crippen LogP contribution is -2.25. The summed E-state index contributed by atoms with van der Waals surface area (Å²) in [4.78, 5) is 0. The van der Waals surface area contributed by atoms with Gasteiger partial charge in [-0.1, -0.05) is 25.5 Å². The summed E-state index contributed by atoms with van der Waals surface area (Å²) in [6, 6.07) is 0. The summed E-state index contributed by atoms with van der Waals surface area (Å²) in [7, 11) is 0. The van der Waals surface area contributed by atoms with Crippen molar-refractivity contribution in [2.24, 2.45) is 11.3 Å². The van der Waals surface area contributed by atoms with Gasteiger partial charge in [-0.15, -0.1) is 0 Å².